The molecule has 1 aromatic carbocycles. The lowest BCUT2D eigenvalue weighted by Crippen LogP contribution is -2.37. The molecule has 3 N–H and O–H groups in total. The van der Waals surface area contributed by atoms with E-state index in [0.29, 0.717) is 17.5 Å². The topological polar surface area (TPSA) is 47.3 Å². The van der Waals surface area contributed by atoms with Crippen molar-refractivity contribution in [2.75, 3.05) is 6.61 Å². The van der Waals surface area contributed by atoms with Crippen LogP contribution in [0.3, 0.4) is 0 Å². The Morgan fingerprint density at radius 2 is 2.30 bits per heavy atom. The Kier molecular flexibility index (Phi) is 6.23. The van der Waals surface area contributed by atoms with Crippen molar-refractivity contribution in [2.24, 2.45) is 5.84 Å². The minimum absolute atomic E-state index is 0.0832. The summed E-state index contributed by atoms with van der Waals surface area (Å²) >= 11 is 6.09. The Hall–Kier alpha value is -0.680. The maximum Gasteiger partial charge on any atom is 0.123 e. The Morgan fingerprint density at radius 1 is 1.45 bits per heavy atom. The largest absolute Gasteiger partial charge is 0.378 e. The van der Waals surface area contributed by atoms with E-state index in [4.69, 9.17) is 22.2 Å². The second kappa shape index (κ2) is 7.93. The first-order chi connectivity index (χ1) is 9.69. The predicted molar refractivity (Wildman–Crippen MR) is 79.1 cm³/mol. The van der Waals surface area contributed by atoms with Gasteiger partial charge in [-0.3, -0.25) is 11.3 Å². The summed E-state index contributed by atoms with van der Waals surface area (Å²) < 4.78 is 19.0. The Balaban J connectivity index is 1.86. The first-order valence-corrected chi connectivity index (χ1v) is 7.58. The van der Waals surface area contributed by atoms with Crippen LogP contribution in [0.1, 0.15) is 37.7 Å². The van der Waals surface area contributed by atoms with Crippen LogP contribution in [-0.2, 0) is 11.2 Å². The van der Waals surface area contributed by atoms with Gasteiger partial charge in [0.2, 0.25) is 0 Å². The summed E-state index contributed by atoms with van der Waals surface area (Å²) in [6.45, 7) is 0.862. The van der Waals surface area contributed by atoms with Gasteiger partial charge in [0.05, 0.1) is 6.10 Å². The molecule has 0 aromatic heterocycles. The number of hydrogen-bond acceptors (Lipinski definition) is 3. The summed E-state index contributed by atoms with van der Waals surface area (Å²) in [6, 6.07) is 4.51. The van der Waals surface area contributed by atoms with E-state index in [0.717, 1.165) is 37.9 Å². The van der Waals surface area contributed by atoms with E-state index in [-0.39, 0.29) is 11.9 Å². The smallest absolute Gasteiger partial charge is 0.123 e. The molecule has 20 heavy (non-hydrogen) atoms. The lowest BCUT2D eigenvalue weighted by Gasteiger charge is -2.25. The third-order valence-corrected chi connectivity index (χ3v) is 4.19. The van der Waals surface area contributed by atoms with Crippen molar-refractivity contribution >= 4 is 11.6 Å². The van der Waals surface area contributed by atoms with Crippen LogP contribution >= 0.6 is 11.6 Å². The van der Waals surface area contributed by atoms with Gasteiger partial charge >= 0.3 is 0 Å². The van der Waals surface area contributed by atoms with Crippen LogP contribution in [0.4, 0.5) is 4.39 Å². The molecule has 1 saturated heterocycles. The second-order valence-corrected chi connectivity index (χ2v) is 5.78. The summed E-state index contributed by atoms with van der Waals surface area (Å²) in [7, 11) is 0. The zero-order valence-electron chi connectivity index (χ0n) is 11.6. The molecule has 1 aromatic rings. The maximum atomic E-state index is 13.2. The molecule has 5 heteroatoms. The summed E-state index contributed by atoms with van der Waals surface area (Å²) in [4.78, 5) is 0. The van der Waals surface area contributed by atoms with Gasteiger partial charge in [-0.05, 0) is 62.3 Å². The van der Waals surface area contributed by atoms with Crippen LogP contribution in [0.25, 0.3) is 0 Å². The molecular formula is C15H22ClFN2O. The number of benzene rings is 1. The lowest BCUT2D eigenvalue weighted by atomic mass is 9.98. The van der Waals surface area contributed by atoms with E-state index in [1.54, 1.807) is 6.07 Å². The maximum absolute atomic E-state index is 13.2. The molecule has 1 aliphatic rings. The Labute approximate surface area is 124 Å². The van der Waals surface area contributed by atoms with E-state index in [1.807, 2.05) is 0 Å². The molecule has 0 saturated carbocycles. The van der Waals surface area contributed by atoms with E-state index < -0.39 is 0 Å². The SMILES string of the molecule is NNC(CCC1CCCCO1)Cc1cc(F)ccc1Cl. The van der Waals surface area contributed by atoms with Gasteiger partial charge in [0, 0.05) is 17.7 Å². The highest BCUT2D eigenvalue weighted by atomic mass is 35.5. The number of nitrogens with one attached hydrogen (secondary N) is 1. The fourth-order valence-electron chi connectivity index (χ4n) is 2.63. The van der Waals surface area contributed by atoms with E-state index in [2.05, 4.69) is 5.43 Å². The van der Waals surface area contributed by atoms with Crippen molar-refractivity contribution in [3.8, 4) is 0 Å². The van der Waals surface area contributed by atoms with Crippen LogP contribution < -0.4 is 11.3 Å². The summed E-state index contributed by atoms with van der Waals surface area (Å²) in [5.74, 6) is 5.33. The number of nitrogens with two attached hydrogens (primary N) is 1. The van der Waals surface area contributed by atoms with Crippen molar-refractivity contribution in [2.45, 2.75) is 50.7 Å². The van der Waals surface area contributed by atoms with Crippen LogP contribution in [0.15, 0.2) is 18.2 Å². The van der Waals surface area contributed by atoms with Crippen LogP contribution in [0, 0.1) is 5.82 Å². The quantitative estimate of drug-likeness (QED) is 0.626. The molecule has 0 radical (unpaired) electrons. The van der Waals surface area contributed by atoms with Gasteiger partial charge in [-0.1, -0.05) is 11.6 Å². The van der Waals surface area contributed by atoms with Crippen molar-refractivity contribution in [1.29, 1.82) is 0 Å². The first kappa shape index (κ1) is 15.7. The fourth-order valence-corrected chi connectivity index (χ4v) is 2.83. The van der Waals surface area contributed by atoms with Crippen molar-refractivity contribution < 1.29 is 9.13 Å². The van der Waals surface area contributed by atoms with Gasteiger partial charge in [0.1, 0.15) is 5.82 Å². The fraction of sp³-hybridized carbons (Fsp3) is 0.600. The zero-order chi connectivity index (χ0) is 14.4. The molecule has 3 nitrogen and oxygen atoms in total. The average Bonchev–Trinajstić information content (AvgIpc) is 2.48. The minimum atomic E-state index is -0.268. The molecule has 2 rings (SSSR count). The molecule has 0 aliphatic carbocycles. The minimum Gasteiger partial charge on any atom is -0.378 e. The monoisotopic (exact) mass is 300 g/mol. The summed E-state index contributed by atoms with van der Waals surface area (Å²) in [6.07, 6.45) is 6.35. The van der Waals surface area contributed by atoms with E-state index >= 15 is 0 Å². The van der Waals surface area contributed by atoms with Crippen LogP contribution in [-0.4, -0.2) is 18.8 Å². The number of hydrogen-bond donors (Lipinski definition) is 2. The molecule has 1 fully saturated rings. The average molecular weight is 301 g/mol. The molecule has 0 spiro atoms. The van der Waals surface area contributed by atoms with Gasteiger partial charge in [-0.2, -0.15) is 0 Å². The summed E-state index contributed by atoms with van der Waals surface area (Å²) in [5.41, 5.74) is 3.59. The predicted octanol–water partition coefficient (Wildman–Crippen LogP) is 3.20. The summed E-state index contributed by atoms with van der Waals surface area (Å²) in [5, 5.41) is 0.584. The molecule has 1 heterocycles. The lowest BCUT2D eigenvalue weighted by molar-refractivity contribution is 0.00858. The molecular weight excluding hydrogens is 279 g/mol. The Morgan fingerprint density at radius 3 is 3.00 bits per heavy atom. The van der Waals surface area contributed by atoms with Gasteiger partial charge < -0.3 is 4.74 Å². The highest BCUT2D eigenvalue weighted by molar-refractivity contribution is 6.31. The molecule has 0 amide bonds. The molecule has 2 atom stereocenters. The van der Waals surface area contributed by atoms with Crippen LogP contribution in [0.2, 0.25) is 5.02 Å². The molecule has 1 aliphatic heterocycles. The van der Waals surface area contributed by atoms with Gasteiger partial charge in [-0.25, -0.2) is 4.39 Å². The van der Waals surface area contributed by atoms with Gasteiger partial charge in [0.25, 0.3) is 0 Å². The van der Waals surface area contributed by atoms with Crippen molar-refractivity contribution in [3.63, 3.8) is 0 Å². The highest BCUT2D eigenvalue weighted by Gasteiger charge is 2.17. The second-order valence-electron chi connectivity index (χ2n) is 5.37. The number of rotatable bonds is 6. The third kappa shape index (κ3) is 4.70. The van der Waals surface area contributed by atoms with Crippen molar-refractivity contribution in [1.82, 2.24) is 5.43 Å². The number of hydrazine groups is 1. The van der Waals surface area contributed by atoms with Gasteiger partial charge in [0.15, 0.2) is 0 Å². The standard InChI is InChI=1S/C15H22ClFN2O/c16-15-7-4-12(17)9-11(15)10-13(19-18)5-6-14-3-1-2-8-20-14/h4,7,9,13-14,19H,1-3,5-6,8,10,18H2. The van der Waals surface area contributed by atoms with Crippen LogP contribution in [0.5, 0.6) is 0 Å². The van der Waals surface area contributed by atoms with Crippen molar-refractivity contribution in [3.05, 3.63) is 34.6 Å². The normalized spacial score (nSPS) is 20.9. The number of ether oxygens (including phenoxy) is 1. The van der Waals surface area contributed by atoms with E-state index in [1.165, 1.54) is 18.6 Å². The van der Waals surface area contributed by atoms with E-state index in [9.17, 15) is 4.39 Å². The van der Waals surface area contributed by atoms with Gasteiger partial charge in [-0.15, -0.1) is 0 Å². The highest BCUT2D eigenvalue weighted by Crippen LogP contribution is 2.22. The molecule has 112 valence electrons. The third-order valence-electron chi connectivity index (χ3n) is 3.82. The Bertz CT molecular complexity index is 424. The number of halogens is 2. The zero-order valence-corrected chi connectivity index (χ0v) is 12.3. The first-order valence-electron chi connectivity index (χ1n) is 7.20. The molecule has 2 unspecified atom stereocenters. The molecule has 0 bridgehead atoms.